The first-order chi connectivity index (χ1) is 13.1. The first-order valence-corrected chi connectivity index (χ1v) is 8.79. The third kappa shape index (κ3) is 4.41. The quantitative estimate of drug-likeness (QED) is 0.707. The van der Waals surface area contributed by atoms with Crippen molar-refractivity contribution in [1.82, 2.24) is 15.1 Å². The van der Waals surface area contributed by atoms with Crippen LogP contribution in [0.4, 0.5) is 5.69 Å². The topological polar surface area (TPSA) is 76.0 Å². The number of carbonyl (C=O) groups is 2. The summed E-state index contributed by atoms with van der Waals surface area (Å²) < 4.78 is 1.80. The maximum Gasteiger partial charge on any atom is 0.251 e. The van der Waals surface area contributed by atoms with Gasteiger partial charge >= 0.3 is 0 Å². The standard InChI is InChI=1S/C21H22N4O2/c1-15-18(21(27)22-2)9-6-10-19(15)24-20(26)12-11-16-13-23-25(14-16)17-7-4-3-5-8-17/h3-10,13-14H,11-12H2,1-2H3,(H,22,27)(H,24,26). The summed E-state index contributed by atoms with van der Waals surface area (Å²) in [7, 11) is 1.59. The van der Waals surface area contributed by atoms with E-state index in [0.29, 0.717) is 24.1 Å². The van der Waals surface area contributed by atoms with Crippen LogP contribution in [0, 0.1) is 6.92 Å². The number of amides is 2. The predicted molar refractivity (Wildman–Crippen MR) is 105 cm³/mol. The zero-order valence-corrected chi connectivity index (χ0v) is 15.4. The van der Waals surface area contributed by atoms with Gasteiger partial charge in [-0.05, 0) is 48.7 Å². The fourth-order valence-electron chi connectivity index (χ4n) is 2.83. The Morgan fingerprint density at radius 3 is 2.59 bits per heavy atom. The molecule has 2 amide bonds. The molecule has 0 unspecified atom stereocenters. The molecule has 0 bridgehead atoms. The largest absolute Gasteiger partial charge is 0.355 e. The van der Waals surface area contributed by atoms with Gasteiger partial charge in [0, 0.05) is 30.9 Å². The second-order valence-corrected chi connectivity index (χ2v) is 6.23. The van der Waals surface area contributed by atoms with Gasteiger partial charge in [-0.2, -0.15) is 5.10 Å². The van der Waals surface area contributed by atoms with E-state index in [0.717, 1.165) is 16.8 Å². The van der Waals surface area contributed by atoms with Crippen LogP contribution in [0.3, 0.4) is 0 Å². The Hall–Kier alpha value is -3.41. The van der Waals surface area contributed by atoms with Gasteiger partial charge in [-0.15, -0.1) is 0 Å². The smallest absolute Gasteiger partial charge is 0.251 e. The van der Waals surface area contributed by atoms with Gasteiger partial charge in [0.25, 0.3) is 5.91 Å². The van der Waals surface area contributed by atoms with Crippen LogP contribution in [0.5, 0.6) is 0 Å². The van der Waals surface area contributed by atoms with E-state index in [1.807, 2.05) is 43.5 Å². The van der Waals surface area contributed by atoms with Gasteiger partial charge in [0.15, 0.2) is 0 Å². The number of benzene rings is 2. The van der Waals surface area contributed by atoms with Gasteiger partial charge in [-0.25, -0.2) is 4.68 Å². The van der Waals surface area contributed by atoms with Crippen molar-refractivity contribution < 1.29 is 9.59 Å². The highest BCUT2D eigenvalue weighted by Gasteiger charge is 2.12. The van der Waals surface area contributed by atoms with E-state index in [9.17, 15) is 9.59 Å². The maximum absolute atomic E-state index is 12.3. The van der Waals surface area contributed by atoms with Crippen LogP contribution in [0.15, 0.2) is 60.9 Å². The molecule has 0 aliphatic heterocycles. The molecule has 2 aromatic carbocycles. The third-order valence-electron chi connectivity index (χ3n) is 4.38. The molecule has 0 aliphatic rings. The highest BCUT2D eigenvalue weighted by molar-refractivity contribution is 5.99. The van der Waals surface area contributed by atoms with Gasteiger partial charge in [0.1, 0.15) is 0 Å². The van der Waals surface area contributed by atoms with Gasteiger partial charge in [-0.1, -0.05) is 24.3 Å². The van der Waals surface area contributed by atoms with Crippen molar-refractivity contribution in [2.24, 2.45) is 0 Å². The summed E-state index contributed by atoms with van der Waals surface area (Å²) in [6, 6.07) is 15.1. The van der Waals surface area contributed by atoms with E-state index in [-0.39, 0.29) is 11.8 Å². The molecule has 6 nitrogen and oxygen atoms in total. The molecule has 3 aromatic rings. The van der Waals surface area contributed by atoms with Crippen LogP contribution in [0.25, 0.3) is 5.69 Å². The van der Waals surface area contributed by atoms with Crippen molar-refractivity contribution in [3.8, 4) is 5.69 Å². The molecular formula is C21H22N4O2. The fraction of sp³-hybridized carbons (Fsp3) is 0.190. The Morgan fingerprint density at radius 1 is 1.07 bits per heavy atom. The van der Waals surface area contributed by atoms with E-state index < -0.39 is 0 Å². The summed E-state index contributed by atoms with van der Waals surface area (Å²) >= 11 is 0. The van der Waals surface area contributed by atoms with Gasteiger partial charge < -0.3 is 10.6 Å². The Labute approximate surface area is 158 Å². The van der Waals surface area contributed by atoms with E-state index in [4.69, 9.17) is 0 Å². The lowest BCUT2D eigenvalue weighted by Gasteiger charge is -2.11. The van der Waals surface area contributed by atoms with Gasteiger partial charge in [0.05, 0.1) is 11.9 Å². The van der Waals surface area contributed by atoms with Crippen LogP contribution < -0.4 is 10.6 Å². The molecule has 6 heteroatoms. The number of carbonyl (C=O) groups excluding carboxylic acids is 2. The van der Waals surface area contributed by atoms with Crippen molar-refractivity contribution >= 4 is 17.5 Å². The molecule has 138 valence electrons. The third-order valence-corrected chi connectivity index (χ3v) is 4.38. The summed E-state index contributed by atoms with van der Waals surface area (Å²) in [6.07, 6.45) is 4.63. The molecule has 0 atom stereocenters. The predicted octanol–water partition coefficient (Wildman–Crippen LogP) is 3.11. The fourth-order valence-corrected chi connectivity index (χ4v) is 2.83. The van der Waals surface area contributed by atoms with E-state index in [1.54, 1.807) is 36.1 Å². The Balaban J connectivity index is 1.61. The molecule has 1 aromatic heterocycles. The number of para-hydroxylation sites is 1. The lowest BCUT2D eigenvalue weighted by Crippen LogP contribution is -2.20. The Bertz CT molecular complexity index is 948. The van der Waals surface area contributed by atoms with E-state index in [1.165, 1.54) is 0 Å². The lowest BCUT2D eigenvalue weighted by atomic mass is 10.1. The van der Waals surface area contributed by atoms with Crippen molar-refractivity contribution in [2.45, 2.75) is 19.8 Å². The SMILES string of the molecule is CNC(=O)c1cccc(NC(=O)CCc2cnn(-c3ccccc3)c2)c1C. The molecule has 0 spiro atoms. The minimum atomic E-state index is -0.170. The summed E-state index contributed by atoms with van der Waals surface area (Å²) in [6.45, 7) is 1.82. The van der Waals surface area contributed by atoms with E-state index in [2.05, 4.69) is 15.7 Å². The number of hydrogen-bond donors (Lipinski definition) is 2. The number of anilines is 1. The number of aryl methyl sites for hydroxylation is 1. The Morgan fingerprint density at radius 2 is 1.85 bits per heavy atom. The van der Waals surface area contributed by atoms with Crippen molar-refractivity contribution in [1.29, 1.82) is 0 Å². The molecular weight excluding hydrogens is 340 g/mol. The molecule has 0 fully saturated rings. The van der Waals surface area contributed by atoms with Crippen LogP contribution in [-0.4, -0.2) is 28.6 Å². The first-order valence-electron chi connectivity index (χ1n) is 8.79. The van der Waals surface area contributed by atoms with Crippen molar-refractivity contribution in [2.75, 3.05) is 12.4 Å². The van der Waals surface area contributed by atoms with Crippen LogP contribution in [0.1, 0.15) is 27.9 Å². The van der Waals surface area contributed by atoms with Crippen molar-refractivity contribution in [3.63, 3.8) is 0 Å². The first kappa shape index (κ1) is 18.4. The molecule has 0 aliphatic carbocycles. The number of hydrogen-bond acceptors (Lipinski definition) is 3. The molecule has 0 radical (unpaired) electrons. The minimum Gasteiger partial charge on any atom is -0.355 e. The van der Waals surface area contributed by atoms with Gasteiger partial charge in [0.2, 0.25) is 5.91 Å². The molecule has 1 heterocycles. The van der Waals surface area contributed by atoms with Crippen LogP contribution in [0.2, 0.25) is 0 Å². The van der Waals surface area contributed by atoms with Crippen LogP contribution >= 0.6 is 0 Å². The summed E-state index contributed by atoms with van der Waals surface area (Å²) in [4.78, 5) is 24.2. The molecule has 0 saturated heterocycles. The zero-order valence-electron chi connectivity index (χ0n) is 15.4. The number of rotatable bonds is 6. The molecule has 2 N–H and O–H groups in total. The van der Waals surface area contributed by atoms with Crippen LogP contribution in [-0.2, 0) is 11.2 Å². The van der Waals surface area contributed by atoms with Crippen molar-refractivity contribution in [3.05, 3.63) is 77.6 Å². The highest BCUT2D eigenvalue weighted by Crippen LogP contribution is 2.19. The molecule has 3 rings (SSSR count). The average molecular weight is 362 g/mol. The Kier molecular flexibility index (Phi) is 5.66. The highest BCUT2D eigenvalue weighted by atomic mass is 16.2. The number of aromatic nitrogens is 2. The number of nitrogens with one attached hydrogen (secondary N) is 2. The lowest BCUT2D eigenvalue weighted by molar-refractivity contribution is -0.116. The maximum atomic E-state index is 12.3. The molecule has 0 saturated carbocycles. The molecule has 27 heavy (non-hydrogen) atoms. The summed E-state index contributed by atoms with van der Waals surface area (Å²) in [5.41, 5.74) is 3.93. The summed E-state index contributed by atoms with van der Waals surface area (Å²) in [5.74, 6) is -0.267. The minimum absolute atomic E-state index is 0.0976. The second-order valence-electron chi connectivity index (χ2n) is 6.23. The number of nitrogens with zero attached hydrogens (tertiary/aromatic N) is 2. The second kappa shape index (κ2) is 8.31. The average Bonchev–Trinajstić information content (AvgIpc) is 3.17. The normalized spacial score (nSPS) is 10.4. The monoisotopic (exact) mass is 362 g/mol. The van der Waals surface area contributed by atoms with Gasteiger partial charge in [-0.3, -0.25) is 9.59 Å². The zero-order chi connectivity index (χ0) is 19.2. The summed E-state index contributed by atoms with van der Waals surface area (Å²) in [5, 5.41) is 9.84. The van der Waals surface area contributed by atoms with E-state index >= 15 is 0 Å².